The highest BCUT2D eigenvalue weighted by atomic mass is 19.3. The summed E-state index contributed by atoms with van der Waals surface area (Å²) in [5.41, 5.74) is 1.79. The first kappa shape index (κ1) is 15.8. The third-order valence-corrected chi connectivity index (χ3v) is 2.94. The molecular weight excluding hydrogens is 292 g/mol. The zero-order valence-corrected chi connectivity index (χ0v) is 12.1. The molecule has 0 radical (unpaired) electrons. The van der Waals surface area contributed by atoms with Crippen LogP contribution in [0.15, 0.2) is 42.5 Å². The van der Waals surface area contributed by atoms with Gasteiger partial charge < -0.3 is 14.8 Å². The van der Waals surface area contributed by atoms with Gasteiger partial charge in [-0.1, -0.05) is 11.6 Å². The highest BCUT2D eigenvalue weighted by Crippen LogP contribution is 2.22. The van der Waals surface area contributed by atoms with E-state index in [9.17, 15) is 13.6 Å². The van der Waals surface area contributed by atoms with Crippen molar-refractivity contribution in [2.24, 2.45) is 0 Å². The normalized spacial score (nSPS) is 10.4. The Kier molecular flexibility index (Phi) is 4.93. The second-order valence-electron chi connectivity index (χ2n) is 4.56. The van der Waals surface area contributed by atoms with Crippen molar-refractivity contribution >= 4 is 11.6 Å². The monoisotopic (exact) mass is 307 g/mol. The molecule has 2 aromatic rings. The Morgan fingerprint density at radius 2 is 1.82 bits per heavy atom. The van der Waals surface area contributed by atoms with Crippen LogP contribution < -0.4 is 14.8 Å². The number of amides is 1. The summed E-state index contributed by atoms with van der Waals surface area (Å²) >= 11 is 0. The van der Waals surface area contributed by atoms with Crippen LogP contribution in [0.2, 0.25) is 0 Å². The first-order valence-corrected chi connectivity index (χ1v) is 6.50. The molecule has 0 spiro atoms. The predicted octanol–water partition coefficient (Wildman–Crippen LogP) is 3.86. The van der Waals surface area contributed by atoms with Crippen LogP contribution in [-0.2, 0) is 0 Å². The average Bonchev–Trinajstić information content (AvgIpc) is 2.48. The highest BCUT2D eigenvalue weighted by molar-refractivity contribution is 6.06. The minimum Gasteiger partial charge on any atom is -0.496 e. The molecule has 0 aromatic heterocycles. The van der Waals surface area contributed by atoms with Gasteiger partial charge in [-0.25, -0.2) is 0 Å². The van der Waals surface area contributed by atoms with Gasteiger partial charge in [-0.05, 0) is 43.3 Å². The summed E-state index contributed by atoms with van der Waals surface area (Å²) in [6.45, 7) is -1.01. The van der Waals surface area contributed by atoms with Gasteiger partial charge in [0.2, 0.25) is 0 Å². The fourth-order valence-corrected chi connectivity index (χ4v) is 1.92. The van der Waals surface area contributed by atoms with Gasteiger partial charge in [0.05, 0.1) is 12.7 Å². The van der Waals surface area contributed by atoms with Crippen molar-refractivity contribution in [2.45, 2.75) is 13.5 Å². The Hall–Kier alpha value is -2.63. The number of carbonyl (C=O) groups excluding carboxylic acids is 1. The first-order valence-electron chi connectivity index (χ1n) is 6.50. The summed E-state index contributed by atoms with van der Waals surface area (Å²) in [5.74, 6) is 0.143. The van der Waals surface area contributed by atoms with E-state index in [1.807, 2.05) is 13.0 Å². The molecule has 0 fully saturated rings. The number of hydrogen-bond donors (Lipinski definition) is 1. The predicted molar refractivity (Wildman–Crippen MR) is 78.8 cm³/mol. The third-order valence-electron chi connectivity index (χ3n) is 2.94. The van der Waals surface area contributed by atoms with E-state index in [-0.39, 0.29) is 11.7 Å². The summed E-state index contributed by atoms with van der Waals surface area (Å²) in [7, 11) is 1.48. The van der Waals surface area contributed by atoms with Gasteiger partial charge in [-0.3, -0.25) is 4.79 Å². The number of methoxy groups -OCH3 is 1. The van der Waals surface area contributed by atoms with E-state index in [4.69, 9.17) is 4.74 Å². The Labute approximate surface area is 126 Å². The molecule has 0 saturated heterocycles. The standard InChI is InChI=1S/C16H15F2NO3/c1-10-3-8-14(21-2)13(9-10)15(20)19-11-4-6-12(7-5-11)22-16(17)18/h3-9,16H,1-2H3,(H,19,20). The number of aryl methyl sites for hydroxylation is 1. The van der Waals surface area contributed by atoms with Crippen molar-refractivity contribution in [3.8, 4) is 11.5 Å². The van der Waals surface area contributed by atoms with Crippen LogP contribution >= 0.6 is 0 Å². The first-order chi connectivity index (χ1) is 10.5. The summed E-state index contributed by atoms with van der Waals surface area (Å²) in [5, 5.41) is 2.68. The molecule has 2 rings (SSSR count). The molecule has 0 saturated carbocycles. The van der Waals surface area contributed by atoms with Crippen molar-refractivity contribution in [1.82, 2.24) is 0 Å². The van der Waals surface area contributed by atoms with Crippen molar-refractivity contribution in [3.63, 3.8) is 0 Å². The lowest BCUT2D eigenvalue weighted by atomic mass is 10.1. The van der Waals surface area contributed by atoms with Crippen LogP contribution in [-0.4, -0.2) is 19.6 Å². The van der Waals surface area contributed by atoms with Gasteiger partial charge >= 0.3 is 6.61 Å². The van der Waals surface area contributed by atoms with E-state index >= 15 is 0 Å². The summed E-state index contributed by atoms with van der Waals surface area (Å²) in [4.78, 5) is 12.3. The average molecular weight is 307 g/mol. The Balaban J connectivity index is 2.13. The lowest BCUT2D eigenvalue weighted by Gasteiger charge is -2.11. The maximum Gasteiger partial charge on any atom is 0.387 e. The molecular formula is C16H15F2NO3. The number of halogens is 2. The van der Waals surface area contributed by atoms with Crippen LogP contribution in [0, 0.1) is 6.92 Å². The van der Waals surface area contributed by atoms with Crippen molar-refractivity contribution in [3.05, 3.63) is 53.6 Å². The Morgan fingerprint density at radius 3 is 2.41 bits per heavy atom. The van der Waals surface area contributed by atoms with Gasteiger partial charge in [0.15, 0.2) is 0 Å². The molecule has 0 bridgehead atoms. The summed E-state index contributed by atoms with van der Waals surface area (Å²) in [6.07, 6.45) is 0. The van der Waals surface area contributed by atoms with Crippen LogP contribution in [0.1, 0.15) is 15.9 Å². The molecule has 0 heterocycles. The van der Waals surface area contributed by atoms with Crippen molar-refractivity contribution in [1.29, 1.82) is 0 Å². The van der Waals surface area contributed by atoms with Crippen LogP contribution in [0.3, 0.4) is 0 Å². The number of ether oxygens (including phenoxy) is 2. The number of carbonyl (C=O) groups is 1. The molecule has 4 nitrogen and oxygen atoms in total. The molecule has 0 aliphatic rings. The molecule has 6 heteroatoms. The van der Waals surface area contributed by atoms with E-state index in [2.05, 4.69) is 10.1 Å². The van der Waals surface area contributed by atoms with E-state index < -0.39 is 6.61 Å². The van der Waals surface area contributed by atoms with Crippen molar-refractivity contribution in [2.75, 3.05) is 12.4 Å². The largest absolute Gasteiger partial charge is 0.496 e. The van der Waals surface area contributed by atoms with Gasteiger partial charge in [0, 0.05) is 5.69 Å². The smallest absolute Gasteiger partial charge is 0.387 e. The molecule has 0 aliphatic carbocycles. The third kappa shape index (κ3) is 3.94. The number of anilines is 1. The maximum atomic E-state index is 12.3. The lowest BCUT2D eigenvalue weighted by molar-refractivity contribution is -0.0498. The molecule has 2 aromatic carbocycles. The zero-order chi connectivity index (χ0) is 16.1. The molecule has 1 N–H and O–H groups in total. The molecule has 0 unspecified atom stereocenters. The summed E-state index contributed by atoms with van der Waals surface area (Å²) in [6, 6.07) is 10.9. The number of hydrogen-bond acceptors (Lipinski definition) is 3. The number of rotatable bonds is 5. The van der Waals surface area contributed by atoms with Gasteiger partial charge in [0.25, 0.3) is 5.91 Å². The quantitative estimate of drug-likeness (QED) is 0.912. The minimum absolute atomic E-state index is 0.0288. The summed E-state index contributed by atoms with van der Waals surface area (Å²) < 4.78 is 33.5. The zero-order valence-electron chi connectivity index (χ0n) is 12.1. The number of alkyl halides is 2. The van der Waals surface area contributed by atoms with Crippen LogP contribution in [0.4, 0.5) is 14.5 Å². The van der Waals surface area contributed by atoms with Gasteiger partial charge in [-0.15, -0.1) is 0 Å². The van der Waals surface area contributed by atoms with E-state index in [1.165, 1.54) is 31.4 Å². The Bertz CT molecular complexity index is 657. The van der Waals surface area contributed by atoms with E-state index in [1.54, 1.807) is 12.1 Å². The Morgan fingerprint density at radius 1 is 1.14 bits per heavy atom. The second kappa shape index (κ2) is 6.89. The maximum absolute atomic E-state index is 12.3. The lowest BCUT2D eigenvalue weighted by Crippen LogP contribution is -2.13. The number of nitrogens with one attached hydrogen (secondary N) is 1. The van der Waals surface area contributed by atoms with Gasteiger partial charge in [-0.2, -0.15) is 8.78 Å². The topological polar surface area (TPSA) is 47.6 Å². The van der Waals surface area contributed by atoms with Crippen LogP contribution in [0.25, 0.3) is 0 Å². The highest BCUT2D eigenvalue weighted by Gasteiger charge is 2.13. The molecule has 0 aliphatic heterocycles. The molecule has 116 valence electrons. The molecule has 0 atom stereocenters. The molecule has 1 amide bonds. The SMILES string of the molecule is COc1ccc(C)cc1C(=O)Nc1ccc(OC(F)F)cc1. The van der Waals surface area contributed by atoms with Crippen molar-refractivity contribution < 1.29 is 23.0 Å². The second-order valence-corrected chi connectivity index (χ2v) is 4.56. The van der Waals surface area contributed by atoms with Crippen LogP contribution in [0.5, 0.6) is 11.5 Å². The fourth-order valence-electron chi connectivity index (χ4n) is 1.92. The minimum atomic E-state index is -2.88. The van der Waals surface area contributed by atoms with E-state index in [0.29, 0.717) is 17.0 Å². The van der Waals surface area contributed by atoms with Gasteiger partial charge in [0.1, 0.15) is 11.5 Å². The number of benzene rings is 2. The van der Waals surface area contributed by atoms with E-state index in [0.717, 1.165) is 5.56 Å². The molecule has 22 heavy (non-hydrogen) atoms. The fraction of sp³-hybridized carbons (Fsp3) is 0.188.